The van der Waals surface area contributed by atoms with Crippen molar-refractivity contribution in [2.24, 2.45) is 0 Å². The third-order valence-electron chi connectivity index (χ3n) is 1.71. The number of hydrogen-bond acceptors (Lipinski definition) is 3. The summed E-state index contributed by atoms with van der Waals surface area (Å²) in [6, 6.07) is 0. The molecule has 0 spiro atoms. The lowest BCUT2D eigenvalue weighted by atomic mass is 10.2. The molecule has 0 bridgehead atoms. The molecule has 72 valence electrons. The summed E-state index contributed by atoms with van der Waals surface area (Å²) in [4.78, 5) is 4.06. The van der Waals surface area contributed by atoms with Gasteiger partial charge in [-0.2, -0.15) is 4.37 Å². The van der Waals surface area contributed by atoms with E-state index in [1.54, 1.807) is 12.4 Å². The van der Waals surface area contributed by atoms with Gasteiger partial charge in [0.05, 0.1) is 4.70 Å². The van der Waals surface area contributed by atoms with E-state index in [4.69, 9.17) is 6.42 Å². The van der Waals surface area contributed by atoms with E-state index in [0.717, 1.165) is 21.3 Å². The van der Waals surface area contributed by atoms with Crippen molar-refractivity contribution in [3.05, 3.63) is 23.7 Å². The standard InChI is InChI=1S/C9H6N2S.C2H6/c1-3-7-9-6(2)4-10-5-8(9)12-11-7;1-2/h1,4-5H,2H3;1-2H3. The second-order valence-electron chi connectivity index (χ2n) is 2.51. The summed E-state index contributed by atoms with van der Waals surface area (Å²) >= 11 is 1.40. The van der Waals surface area contributed by atoms with Gasteiger partial charge in [0, 0.05) is 17.8 Å². The molecule has 0 atom stereocenters. The molecule has 0 N–H and O–H groups in total. The summed E-state index contributed by atoms with van der Waals surface area (Å²) in [6.07, 6.45) is 8.90. The smallest absolute Gasteiger partial charge is 0.134 e. The van der Waals surface area contributed by atoms with Crippen LogP contribution in [0.4, 0.5) is 0 Å². The molecule has 0 fully saturated rings. The van der Waals surface area contributed by atoms with E-state index < -0.39 is 0 Å². The molecule has 0 aromatic carbocycles. The molecule has 0 amide bonds. The molecule has 0 saturated heterocycles. The van der Waals surface area contributed by atoms with Gasteiger partial charge in [0.2, 0.25) is 0 Å². The molecule has 0 aliphatic heterocycles. The van der Waals surface area contributed by atoms with E-state index in [-0.39, 0.29) is 0 Å². The van der Waals surface area contributed by atoms with Gasteiger partial charge >= 0.3 is 0 Å². The number of rotatable bonds is 0. The second-order valence-corrected chi connectivity index (χ2v) is 3.31. The largest absolute Gasteiger partial charge is 0.263 e. The number of pyridine rings is 1. The number of nitrogens with zero attached hydrogens (tertiary/aromatic N) is 2. The maximum absolute atomic E-state index is 5.30. The lowest BCUT2D eigenvalue weighted by molar-refractivity contribution is 1.31. The lowest BCUT2D eigenvalue weighted by Gasteiger charge is -1.92. The third kappa shape index (κ3) is 1.75. The van der Waals surface area contributed by atoms with Crippen molar-refractivity contribution in [1.82, 2.24) is 9.36 Å². The topological polar surface area (TPSA) is 25.8 Å². The molecule has 0 radical (unpaired) electrons. The minimum Gasteiger partial charge on any atom is -0.263 e. The highest BCUT2D eigenvalue weighted by atomic mass is 32.1. The van der Waals surface area contributed by atoms with Crippen molar-refractivity contribution in [3.8, 4) is 12.3 Å². The van der Waals surface area contributed by atoms with Crippen LogP contribution in [-0.4, -0.2) is 9.36 Å². The summed E-state index contributed by atoms with van der Waals surface area (Å²) in [5.74, 6) is 2.56. The Morgan fingerprint density at radius 2 is 2.07 bits per heavy atom. The van der Waals surface area contributed by atoms with E-state index in [2.05, 4.69) is 15.3 Å². The molecule has 14 heavy (non-hydrogen) atoms. The van der Waals surface area contributed by atoms with Gasteiger partial charge < -0.3 is 0 Å². The minimum absolute atomic E-state index is 0.731. The molecule has 2 rings (SSSR count). The van der Waals surface area contributed by atoms with Crippen molar-refractivity contribution < 1.29 is 0 Å². The fourth-order valence-corrected chi connectivity index (χ4v) is 1.94. The zero-order valence-electron chi connectivity index (χ0n) is 8.53. The highest BCUT2D eigenvalue weighted by Crippen LogP contribution is 2.23. The first-order valence-corrected chi connectivity index (χ1v) is 5.27. The quantitative estimate of drug-likeness (QED) is 0.616. The molecule has 0 aliphatic carbocycles. The number of fused-ring (bicyclic) bond motifs is 1. The van der Waals surface area contributed by atoms with Crippen LogP contribution in [0, 0.1) is 19.3 Å². The van der Waals surface area contributed by atoms with Crippen molar-refractivity contribution in [3.63, 3.8) is 0 Å². The average molecular weight is 204 g/mol. The van der Waals surface area contributed by atoms with E-state index in [0.29, 0.717) is 0 Å². The van der Waals surface area contributed by atoms with Crippen LogP contribution >= 0.6 is 11.5 Å². The Bertz CT molecular complexity index is 466. The van der Waals surface area contributed by atoms with E-state index in [1.807, 2.05) is 20.8 Å². The first kappa shape index (κ1) is 10.7. The van der Waals surface area contributed by atoms with Crippen LogP contribution in [0.15, 0.2) is 12.4 Å². The third-order valence-corrected chi connectivity index (χ3v) is 2.49. The average Bonchev–Trinajstić information content (AvgIpc) is 2.65. The van der Waals surface area contributed by atoms with Gasteiger partial charge in [-0.1, -0.05) is 13.8 Å². The van der Waals surface area contributed by atoms with Crippen LogP contribution in [0.3, 0.4) is 0 Å². The summed E-state index contributed by atoms with van der Waals surface area (Å²) in [5, 5.41) is 1.07. The van der Waals surface area contributed by atoms with Crippen LogP contribution < -0.4 is 0 Å². The van der Waals surface area contributed by atoms with E-state index >= 15 is 0 Å². The number of hydrogen-bond donors (Lipinski definition) is 0. The molecule has 0 aliphatic rings. The highest BCUT2D eigenvalue weighted by molar-refractivity contribution is 7.13. The highest BCUT2D eigenvalue weighted by Gasteiger charge is 2.05. The van der Waals surface area contributed by atoms with Crippen LogP contribution in [0.5, 0.6) is 0 Å². The minimum atomic E-state index is 0.731. The Balaban J connectivity index is 0.000000461. The summed E-state index contributed by atoms with van der Waals surface area (Å²) in [6.45, 7) is 5.99. The summed E-state index contributed by atoms with van der Waals surface area (Å²) in [7, 11) is 0. The Labute approximate surface area is 88.2 Å². The molecule has 2 aromatic rings. The van der Waals surface area contributed by atoms with Crippen LogP contribution in [0.25, 0.3) is 10.1 Å². The van der Waals surface area contributed by atoms with Gasteiger partial charge in [0.25, 0.3) is 0 Å². The van der Waals surface area contributed by atoms with Crippen molar-refractivity contribution in [2.45, 2.75) is 20.8 Å². The first-order valence-electron chi connectivity index (χ1n) is 4.49. The predicted octanol–water partition coefficient (Wildman–Crippen LogP) is 3.01. The Morgan fingerprint density at radius 1 is 1.36 bits per heavy atom. The number of aromatic nitrogens is 2. The maximum Gasteiger partial charge on any atom is 0.134 e. The van der Waals surface area contributed by atoms with Crippen molar-refractivity contribution in [1.29, 1.82) is 0 Å². The van der Waals surface area contributed by atoms with Gasteiger partial charge in [0.15, 0.2) is 0 Å². The molecule has 2 heterocycles. The van der Waals surface area contributed by atoms with Crippen LogP contribution in [0.2, 0.25) is 0 Å². The molecule has 0 saturated carbocycles. The maximum atomic E-state index is 5.30. The fourth-order valence-electron chi connectivity index (χ4n) is 1.15. The zero-order chi connectivity index (χ0) is 10.6. The Kier molecular flexibility index (Phi) is 3.61. The van der Waals surface area contributed by atoms with Gasteiger partial charge in [-0.15, -0.1) is 6.42 Å². The predicted molar refractivity (Wildman–Crippen MR) is 61.4 cm³/mol. The van der Waals surface area contributed by atoms with E-state index in [1.165, 1.54) is 11.5 Å². The number of terminal acetylenes is 1. The lowest BCUT2D eigenvalue weighted by Crippen LogP contribution is -1.79. The summed E-state index contributed by atoms with van der Waals surface area (Å²) in [5.41, 5.74) is 1.82. The molecular weight excluding hydrogens is 192 g/mol. The van der Waals surface area contributed by atoms with Crippen LogP contribution in [0.1, 0.15) is 25.1 Å². The fraction of sp³-hybridized carbons (Fsp3) is 0.273. The Hall–Kier alpha value is -1.40. The second kappa shape index (κ2) is 4.73. The van der Waals surface area contributed by atoms with Gasteiger partial charge in [-0.05, 0) is 29.9 Å². The zero-order valence-corrected chi connectivity index (χ0v) is 9.35. The van der Waals surface area contributed by atoms with Gasteiger partial charge in [0.1, 0.15) is 5.69 Å². The molecule has 3 heteroatoms. The summed E-state index contributed by atoms with van der Waals surface area (Å²) < 4.78 is 5.20. The van der Waals surface area contributed by atoms with Crippen molar-refractivity contribution in [2.75, 3.05) is 0 Å². The monoisotopic (exact) mass is 204 g/mol. The van der Waals surface area contributed by atoms with Crippen molar-refractivity contribution >= 4 is 21.6 Å². The van der Waals surface area contributed by atoms with Crippen LogP contribution in [-0.2, 0) is 0 Å². The molecule has 2 aromatic heterocycles. The van der Waals surface area contributed by atoms with E-state index in [9.17, 15) is 0 Å². The molecular formula is C11H12N2S. The SMILES string of the molecule is C#Cc1nsc2cncc(C)c12.CC. The van der Waals surface area contributed by atoms with Gasteiger partial charge in [-0.3, -0.25) is 4.98 Å². The molecule has 2 nitrogen and oxygen atoms in total. The molecule has 0 unspecified atom stereocenters. The van der Waals surface area contributed by atoms with Gasteiger partial charge in [-0.25, -0.2) is 0 Å². The first-order chi connectivity index (χ1) is 6.83. The Morgan fingerprint density at radius 3 is 2.71 bits per heavy atom. The normalized spacial score (nSPS) is 9.00. The number of aryl methyl sites for hydroxylation is 1.